The van der Waals surface area contributed by atoms with Gasteiger partial charge in [-0.25, -0.2) is 4.79 Å². The molecule has 1 unspecified atom stereocenters. The molecule has 3 rings (SSSR count). The van der Waals surface area contributed by atoms with Crippen LogP contribution in [0.3, 0.4) is 0 Å². The molecular weight excluding hydrogens is 412 g/mol. The summed E-state index contributed by atoms with van der Waals surface area (Å²) < 4.78 is 17.0. The van der Waals surface area contributed by atoms with Gasteiger partial charge in [0.1, 0.15) is 36.2 Å². The number of quaternary nitrogens is 1. The zero-order valence-corrected chi connectivity index (χ0v) is 19.3. The number of rotatable bonds is 9. The van der Waals surface area contributed by atoms with Crippen LogP contribution in [0, 0.1) is 10.1 Å². The van der Waals surface area contributed by atoms with Gasteiger partial charge in [0, 0.05) is 30.2 Å². The molecule has 0 N–H and O–H groups in total. The Bertz CT molecular complexity index is 983. The van der Waals surface area contributed by atoms with Crippen molar-refractivity contribution in [2.45, 2.75) is 45.4 Å². The van der Waals surface area contributed by atoms with Gasteiger partial charge in [-0.15, -0.1) is 0 Å². The molecule has 32 heavy (non-hydrogen) atoms. The van der Waals surface area contributed by atoms with Crippen molar-refractivity contribution in [2.75, 3.05) is 27.3 Å². The number of benzene rings is 2. The van der Waals surface area contributed by atoms with E-state index in [-0.39, 0.29) is 24.2 Å². The molecule has 172 valence electrons. The van der Waals surface area contributed by atoms with E-state index >= 15 is 0 Å². The Hall–Kier alpha value is -3.13. The number of nitro benzene ring substituents is 1. The van der Waals surface area contributed by atoms with E-state index in [2.05, 4.69) is 0 Å². The Labute approximate surface area is 188 Å². The van der Waals surface area contributed by atoms with E-state index in [0.29, 0.717) is 22.5 Å². The highest BCUT2D eigenvalue weighted by Gasteiger charge is 2.56. The predicted molar refractivity (Wildman–Crippen MR) is 120 cm³/mol. The molecule has 2 aromatic rings. The number of hydrogen-bond acceptors (Lipinski definition) is 6. The summed E-state index contributed by atoms with van der Waals surface area (Å²) in [4.78, 5) is 23.2. The third-order valence-electron chi connectivity index (χ3n) is 5.68. The Morgan fingerprint density at radius 2 is 1.81 bits per heavy atom. The molecule has 2 atom stereocenters. The number of carbonyl (C=O) groups excluding carboxylic acids is 1. The van der Waals surface area contributed by atoms with Crippen molar-refractivity contribution in [3.8, 4) is 11.5 Å². The van der Waals surface area contributed by atoms with Crippen LogP contribution in [0.4, 0.5) is 5.69 Å². The predicted octanol–water partition coefficient (Wildman–Crippen LogP) is 3.90. The van der Waals surface area contributed by atoms with Crippen LogP contribution in [0.2, 0.25) is 0 Å². The zero-order valence-electron chi connectivity index (χ0n) is 19.3. The first-order valence-electron chi connectivity index (χ1n) is 10.6. The molecule has 0 spiro atoms. The Kier molecular flexibility index (Phi) is 6.74. The van der Waals surface area contributed by atoms with Crippen LogP contribution in [0.25, 0.3) is 0 Å². The van der Waals surface area contributed by atoms with Crippen molar-refractivity contribution in [1.82, 2.24) is 0 Å². The van der Waals surface area contributed by atoms with Gasteiger partial charge >= 0.3 is 5.97 Å². The normalized spacial score (nSPS) is 19.8. The van der Waals surface area contributed by atoms with Gasteiger partial charge in [-0.3, -0.25) is 14.6 Å². The smallest absolute Gasteiger partial charge is 0.362 e. The lowest BCUT2D eigenvalue weighted by atomic mass is 10.1. The lowest BCUT2D eigenvalue weighted by Crippen LogP contribution is -2.38. The summed E-state index contributed by atoms with van der Waals surface area (Å²) in [5.74, 6) is 1.18. The third-order valence-corrected chi connectivity index (χ3v) is 5.68. The fraction of sp³-hybridized carbons (Fsp3) is 0.458. The fourth-order valence-corrected chi connectivity index (χ4v) is 4.05. The Morgan fingerprint density at radius 3 is 2.38 bits per heavy atom. The molecule has 1 heterocycles. The summed E-state index contributed by atoms with van der Waals surface area (Å²) in [5, 5.41) is 10.9. The number of nitro groups is 1. The van der Waals surface area contributed by atoms with E-state index < -0.39 is 10.5 Å². The minimum Gasteiger partial charge on any atom is -0.497 e. The lowest BCUT2D eigenvalue weighted by Gasteiger charge is -2.25. The van der Waals surface area contributed by atoms with Crippen LogP contribution < -0.4 is 9.47 Å². The first kappa shape index (κ1) is 23.5. The summed E-state index contributed by atoms with van der Waals surface area (Å²) in [7, 11) is 3.22. The number of ether oxygens (including phenoxy) is 3. The number of nitrogens with zero attached hydrogens (tertiary/aromatic N) is 2. The average Bonchev–Trinajstić information content (AvgIpc) is 3.37. The number of hydrogen-bond donors (Lipinski definition) is 0. The van der Waals surface area contributed by atoms with Gasteiger partial charge in [-0.1, -0.05) is 12.1 Å². The quantitative estimate of drug-likeness (QED) is 0.192. The van der Waals surface area contributed by atoms with Crippen molar-refractivity contribution in [3.63, 3.8) is 0 Å². The van der Waals surface area contributed by atoms with Crippen molar-refractivity contribution in [1.29, 1.82) is 0 Å². The fourth-order valence-electron chi connectivity index (χ4n) is 4.05. The first-order valence-corrected chi connectivity index (χ1v) is 10.6. The van der Waals surface area contributed by atoms with Crippen molar-refractivity contribution in [2.24, 2.45) is 0 Å². The largest absolute Gasteiger partial charge is 0.497 e. The minimum absolute atomic E-state index is 0.0713. The Morgan fingerprint density at radius 1 is 1.12 bits per heavy atom. The highest BCUT2D eigenvalue weighted by Crippen LogP contribution is 2.39. The summed E-state index contributed by atoms with van der Waals surface area (Å²) in [6, 6.07) is 12.5. The second-order valence-electron chi connectivity index (χ2n) is 9.26. The average molecular weight is 444 g/mol. The highest BCUT2D eigenvalue weighted by molar-refractivity contribution is 5.71. The van der Waals surface area contributed by atoms with Gasteiger partial charge in [0.25, 0.3) is 5.69 Å². The topological polar surface area (TPSA) is 87.9 Å². The van der Waals surface area contributed by atoms with Gasteiger partial charge in [-0.2, -0.15) is 0 Å². The molecule has 8 nitrogen and oxygen atoms in total. The molecule has 2 aromatic carbocycles. The maximum absolute atomic E-state index is 12.7. The van der Waals surface area contributed by atoms with Crippen LogP contribution in [-0.4, -0.2) is 54.3 Å². The molecule has 1 fully saturated rings. The SMILES string of the molecule is COc1ccc(C[N+]2(CC(=O)OC(C)(C)C)C[C@@H]2Cc2ccc([N+](=O)[O-])cc2)c(OC)c1. The lowest BCUT2D eigenvalue weighted by molar-refractivity contribution is -0.820. The van der Waals surface area contributed by atoms with E-state index in [4.69, 9.17) is 14.2 Å². The van der Waals surface area contributed by atoms with Crippen molar-refractivity contribution >= 4 is 11.7 Å². The van der Waals surface area contributed by atoms with Gasteiger partial charge < -0.3 is 14.2 Å². The van der Waals surface area contributed by atoms with Crippen LogP contribution in [0.5, 0.6) is 11.5 Å². The second-order valence-corrected chi connectivity index (χ2v) is 9.26. The van der Waals surface area contributed by atoms with E-state index in [1.807, 2.05) is 39.0 Å². The summed E-state index contributed by atoms with van der Waals surface area (Å²) in [6.45, 7) is 7.26. The molecule has 1 aliphatic rings. The van der Waals surface area contributed by atoms with Crippen LogP contribution >= 0.6 is 0 Å². The number of carbonyl (C=O) groups is 1. The minimum atomic E-state index is -0.553. The number of non-ortho nitro benzene ring substituents is 1. The molecule has 0 radical (unpaired) electrons. The maximum atomic E-state index is 12.7. The third kappa shape index (κ3) is 5.76. The van der Waals surface area contributed by atoms with E-state index in [9.17, 15) is 14.9 Å². The van der Waals surface area contributed by atoms with E-state index in [1.165, 1.54) is 12.1 Å². The standard InChI is InChI=1S/C24H31N2O6/c1-24(2,3)32-23(27)16-26(14-18-8-11-21(30-4)13-22(18)31-5)15-20(26)12-17-6-9-19(10-7-17)25(28)29/h6-11,13,20H,12,14-16H2,1-5H3/q+1/t20-,26?/m0/s1. The van der Waals surface area contributed by atoms with Gasteiger partial charge in [0.2, 0.25) is 0 Å². The monoisotopic (exact) mass is 443 g/mol. The maximum Gasteiger partial charge on any atom is 0.362 e. The molecule has 8 heteroatoms. The van der Waals surface area contributed by atoms with Gasteiger partial charge in [-0.05, 0) is 38.5 Å². The molecule has 1 saturated heterocycles. The van der Waals surface area contributed by atoms with E-state index in [1.54, 1.807) is 26.4 Å². The zero-order chi connectivity index (χ0) is 23.5. The number of methoxy groups -OCH3 is 2. The summed E-state index contributed by atoms with van der Waals surface area (Å²) in [5.41, 5.74) is 1.51. The summed E-state index contributed by atoms with van der Waals surface area (Å²) >= 11 is 0. The molecule has 0 bridgehead atoms. The molecule has 0 aromatic heterocycles. The van der Waals surface area contributed by atoms with Crippen molar-refractivity contribution in [3.05, 3.63) is 63.7 Å². The molecule has 0 saturated carbocycles. The second kappa shape index (κ2) is 9.16. The van der Waals surface area contributed by atoms with Crippen LogP contribution in [-0.2, 0) is 22.5 Å². The van der Waals surface area contributed by atoms with Gasteiger partial charge in [0.15, 0.2) is 6.54 Å². The molecule has 1 aliphatic heterocycles. The summed E-state index contributed by atoms with van der Waals surface area (Å²) in [6.07, 6.45) is 0.721. The highest BCUT2D eigenvalue weighted by atomic mass is 16.6. The Balaban J connectivity index is 1.82. The number of esters is 1. The molecule has 0 amide bonds. The van der Waals surface area contributed by atoms with Crippen LogP contribution in [0.15, 0.2) is 42.5 Å². The molecular formula is C24H31N2O6+. The van der Waals surface area contributed by atoms with E-state index in [0.717, 1.165) is 24.1 Å². The van der Waals surface area contributed by atoms with Crippen molar-refractivity contribution < 1.29 is 28.4 Å². The first-order chi connectivity index (χ1) is 15.0. The molecule has 0 aliphatic carbocycles. The van der Waals surface area contributed by atoms with Crippen LogP contribution in [0.1, 0.15) is 31.9 Å². The van der Waals surface area contributed by atoms with Gasteiger partial charge in [0.05, 0.1) is 19.1 Å².